The monoisotopic (exact) mass is 462 g/mol. The molecule has 2 aromatic heterocycles. The molecule has 8 nitrogen and oxygen atoms in total. The summed E-state index contributed by atoms with van der Waals surface area (Å²) in [4.78, 5) is 32.2. The van der Waals surface area contributed by atoms with Crippen LogP contribution >= 0.6 is 0 Å². The van der Waals surface area contributed by atoms with Gasteiger partial charge in [0.1, 0.15) is 11.5 Å². The summed E-state index contributed by atoms with van der Waals surface area (Å²) in [5.74, 6) is 0.101. The number of fused-ring (bicyclic) bond motifs is 3. The van der Waals surface area contributed by atoms with Gasteiger partial charge in [-0.1, -0.05) is 12.1 Å². The number of aryl methyl sites for hydroxylation is 1. The third-order valence-corrected chi connectivity index (χ3v) is 7.37. The van der Waals surface area contributed by atoms with Crippen LogP contribution in [-0.4, -0.2) is 44.8 Å². The zero-order chi connectivity index (χ0) is 24.1. The van der Waals surface area contributed by atoms with E-state index in [4.69, 9.17) is 4.98 Å². The number of carbonyl (C=O) groups is 1. The van der Waals surface area contributed by atoms with Gasteiger partial charge in [0.25, 0.3) is 5.56 Å². The molecule has 1 saturated carbocycles. The number of benzene rings is 1. The Bertz CT molecular complexity index is 1320. The van der Waals surface area contributed by atoms with Gasteiger partial charge in [0, 0.05) is 42.4 Å². The van der Waals surface area contributed by atoms with E-state index in [0.717, 1.165) is 24.0 Å². The van der Waals surface area contributed by atoms with Crippen molar-refractivity contribution in [2.75, 3.05) is 23.3 Å². The zero-order valence-corrected chi connectivity index (χ0v) is 19.7. The molecule has 3 heterocycles. The van der Waals surface area contributed by atoms with Gasteiger partial charge in [-0.3, -0.25) is 9.20 Å². The lowest BCUT2D eigenvalue weighted by molar-refractivity contribution is 0.0697. The van der Waals surface area contributed by atoms with Crippen molar-refractivity contribution in [1.82, 2.24) is 9.38 Å². The number of pyridine rings is 1. The SMILES string of the molecule is Cc1cc([C@@H](C)Nc2ccccc2C(=O)O)c2nc(N3CC4CCC(C3)C4O)c(C)c(=O)n2c1. The first-order chi connectivity index (χ1) is 16.2. The highest BCUT2D eigenvalue weighted by atomic mass is 16.4. The molecule has 8 heteroatoms. The van der Waals surface area contributed by atoms with Crippen molar-refractivity contribution in [3.63, 3.8) is 0 Å². The van der Waals surface area contributed by atoms with Gasteiger partial charge in [-0.2, -0.15) is 0 Å². The van der Waals surface area contributed by atoms with E-state index >= 15 is 0 Å². The molecule has 1 aromatic carbocycles. The van der Waals surface area contributed by atoms with Gasteiger partial charge in [0.2, 0.25) is 0 Å². The number of anilines is 2. The number of hydrogen-bond donors (Lipinski definition) is 3. The van der Waals surface area contributed by atoms with Crippen LogP contribution in [0.5, 0.6) is 0 Å². The van der Waals surface area contributed by atoms with Crippen molar-refractivity contribution in [1.29, 1.82) is 0 Å². The fourth-order valence-corrected chi connectivity index (χ4v) is 5.58. The average Bonchev–Trinajstić information content (AvgIpc) is 3.01. The number of carboxylic acid groups (broad SMARTS) is 1. The predicted molar refractivity (Wildman–Crippen MR) is 131 cm³/mol. The number of aliphatic hydroxyl groups excluding tert-OH is 1. The number of aromatic carboxylic acids is 1. The number of hydrogen-bond acceptors (Lipinski definition) is 6. The maximum Gasteiger partial charge on any atom is 0.337 e. The summed E-state index contributed by atoms with van der Waals surface area (Å²) in [7, 11) is 0. The first kappa shape index (κ1) is 22.4. The van der Waals surface area contributed by atoms with E-state index in [9.17, 15) is 19.8 Å². The number of nitrogens with zero attached hydrogens (tertiary/aromatic N) is 3. The third-order valence-electron chi connectivity index (χ3n) is 7.37. The molecule has 0 spiro atoms. The maximum atomic E-state index is 13.4. The lowest BCUT2D eigenvalue weighted by Crippen LogP contribution is -2.46. The Kier molecular flexibility index (Phi) is 5.56. The van der Waals surface area contributed by atoms with Crippen molar-refractivity contribution in [3.8, 4) is 0 Å². The van der Waals surface area contributed by atoms with Crippen LogP contribution in [0.25, 0.3) is 5.65 Å². The Labute approximate surface area is 197 Å². The number of aliphatic hydroxyl groups is 1. The summed E-state index contributed by atoms with van der Waals surface area (Å²) in [5, 5.41) is 23.3. The quantitative estimate of drug-likeness (QED) is 0.534. The number of carboxylic acids is 1. The molecule has 178 valence electrons. The smallest absolute Gasteiger partial charge is 0.337 e. The van der Waals surface area contributed by atoms with Gasteiger partial charge < -0.3 is 20.4 Å². The number of piperidine rings is 1. The van der Waals surface area contributed by atoms with Gasteiger partial charge in [-0.05, 0) is 57.4 Å². The lowest BCUT2D eigenvalue weighted by Gasteiger charge is -2.37. The normalized spacial score (nSPS) is 22.7. The summed E-state index contributed by atoms with van der Waals surface area (Å²) in [6, 6.07) is 8.49. The van der Waals surface area contributed by atoms with Crippen LogP contribution in [0.4, 0.5) is 11.5 Å². The Morgan fingerprint density at radius 2 is 1.85 bits per heavy atom. The van der Waals surface area contributed by atoms with Crippen molar-refractivity contribution in [3.05, 3.63) is 69.1 Å². The van der Waals surface area contributed by atoms with E-state index < -0.39 is 5.97 Å². The number of nitrogens with one attached hydrogen (secondary N) is 1. The molecule has 3 aromatic rings. The fraction of sp³-hybridized carbons (Fsp3) is 0.423. The minimum Gasteiger partial charge on any atom is -0.478 e. The van der Waals surface area contributed by atoms with E-state index in [0.29, 0.717) is 35.8 Å². The molecule has 1 saturated heterocycles. The molecule has 2 unspecified atom stereocenters. The molecule has 5 rings (SSSR count). The van der Waals surface area contributed by atoms with Crippen LogP contribution in [0.3, 0.4) is 0 Å². The molecule has 2 bridgehead atoms. The van der Waals surface area contributed by atoms with Crippen molar-refractivity contribution >= 4 is 23.1 Å². The highest BCUT2D eigenvalue weighted by Crippen LogP contribution is 2.38. The number of aromatic nitrogens is 2. The van der Waals surface area contributed by atoms with Crippen LogP contribution in [0.15, 0.2) is 41.3 Å². The van der Waals surface area contributed by atoms with Gasteiger partial charge in [-0.15, -0.1) is 0 Å². The van der Waals surface area contributed by atoms with E-state index in [1.54, 1.807) is 34.9 Å². The molecular weight excluding hydrogens is 432 g/mol. The average molecular weight is 463 g/mol. The summed E-state index contributed by atoms with van der Waals surface area (Å²) in [6.07, 6.45) is 3.53. The van der Waals surface area contributed by atoms with Gasteiger partial charge >= 0.3 is 5.97 Å². The first-order valence-electron chi connectivity index (χ1n) is 11.8. The van der Waals surface area contributed by atoms with Crippen molar-refractivity contribution < 1.29 is 15.0 Å². The Balaban J connectivity index is 1.59. The van der Waals surface area contributed by atoms with Crippen LogP contribution in [0, 0.1) is 25.7 Å². The zero-order valence-electron chi connectivity index (χ0n) is 19.7. The third kappa shape index (κ3) is 3.72. The number of para-hydroxylation sites is 1. The summed E-state index contributed by atoms with van der Waals surface area (Å²) < 4.78 is 1.60. The standard InChI is InChI=1S/C26H30N4O4/c1-14-10-20(16(3)27-21-7-5-4-6-19(21)26(33)34)24-28-23(15(2)25(32)30(24)11-14)29-12-17-8-9-18(13-29)22(17)31/h4-7,10-11,16-18,22,27,31H,8-9,12-13H2,1-3H3,(H,33,34)/t16-,17?,18?,22?/m1/s1. The van der Waals surface area contributed by atoms with Crippen LogP contribution in [0.1, 0.15) is 52.9 Å². The topological polar surface area (TPSA) is 107 Å². The van der Waals surface area contributed by atoms with E-state index in [1.807, 2.05) is 26.8 Å². The van der Waals surface area contributed by atoms with Gasteiger partial charge in [0.05, 0.1) is 23.3 Å². The minimum atomic E-state index is -1.00. The van der Waals surface area contributed by atoms with Crippen LogP contribution in [-0.2, 0) is 0 Å². The number of rotatable bonds is 5. The Hall–Kier alpha value is -3.39. The second-order valence-corrected chi connectivity index (χ2v) is 9.74. The maximum absolute atomic E-state index is 13.4. The molecule has 2 aliphatic rings. The molecule has 3 N–H and O–H groups in total. The van der Waals surface area contributed by atoms with Crippen molar-refractivity contribution in [2.45, 2.75) is 45.8 Å². The van der Waals surface area contributed by atoms with Crippen LogP contribution in [0.2, 0.25) is 0 Å². The molecule has 1 aliphatic heterocycles. The van der Waals surface area contributed by atoms with Gasteiger partial charge in [-0.25, -0.2) is 9.78 Å². The largest absolute Gasteiger partial charge is 0.478 e. The molecule has 1 aliphatic carbocycles. The van der Waals surface area contributed by atoms with E-state index in [-0.39, 0.29) is 35.1 Å². The molecule has 0 amide bonds. The highest BCUT2D eigenvalue weighted by molar-refractivity contribution is 5.94. The fourth-order valence-electron chi connectivity index (χ4n) is 5.58. The van der Waals surface area contributed by atoms with Gasteiger partial charge in [0.15, 0.2) is 0 Å². The summed E-state index contributed by atoms with van der Waals surface area (Å²) in [5.41, 5.74) is 3.48. The second kappa shape index (κ2) is 8.43. The van der Waals surface area contributed by atoms with E-state index in [1.165, 1.54) is 0 Å². The van der Waals surface area contributed by atoms with Crippen molar-refractivity contribution in [2.24, 2.45) is 11.8 Å². The lowest BCUT2D eigenvalue weighted by atomic mass is 9.95. The summed E-state index contributed by atoms with van der Waals surface area (Å²) >= 11 is 0. The second-order valence-electron chi connectivity index (χ2n) is 9.74. The van der Waals surface area contributed by atoms with E-state index in [2.05, 4.69) is 10.2 Å². The molecule has 0 radical (unpaired) electrons. The first-order valence-corrected chi connectivity index (χ1v) is 11.8. The Morgan fingerprint density at radius 3 is 2.53 bits per heavy atom. The molecule has 34 heavy (non-hydrogen) atoms. The highest BCUT2D eigenvalue weighted by Gasteiger charge is 2.41. The molecule has 3 atom stereocenters. The Morgan fingerprint density at radius 1 is 1.18 bits per heavy atom. The molecule has 2 fully saturated rings. The summed E-state index contributed by atoms with van der Waals surface area (Å²) in [6.45, 7) is 7.08. The predicted octanol–water partition coefficient (Wildman–Crippen LogP) is 3.39. The minimum absolute atomic E-state index is 0.110. The molecular formula is C26H30N4O4. The van der Waals surface area contributed by atoms with Crippen LogP contribution < -0.4 is 15.8 Å².